The number of phenolic OH excluding ortho intramolecular Hbond substituents is 1. The van der Waals surface area contributed by atoms with E-state index in [0.717, 1.165) is 17.8 Å². The number of aromatic hydroxyl groups is 1. The van der Waals surface area contributed by atoms with Gasteiger partial charge in [0.15, 0.2) is 82.5 Å². The normalized spacial score (nSPS) is 11.5. The lowest BCUT2D eigenvalue weighted by Crippen LogP contribution is -2.81. The van der Waals surface area contributed by atoms with Crippen molar-refractivity contribution in [3.63, 3.8) is 0 Å². The van der Waals surface area contributed by atoms with E-state index in [4.69, 9.17) is 0 Å². The Bertz CT molecular complexity index is 2640. The molecule has 0 amide bonds. The van der Waals surface area contributed by atoms with Gasteiger partial charge in [0, 0.05) is 23.3 Å². The largest absolute Gasteiger partial charge is 0.508 e. The summed E-state index contributed by atoms with van der Waals surface area (Å²) in [6, 6.07) is 23.9. The van der Waals surface area contributed by atoms with Crippen LogP contribution in [-0.4, -0.2) is 11.3 Å². The Labute approximate surface area is 349 Å². The lowest BCUT2D eigenvalue weighted by Gasteiger charge is -2.44. The van der Waals surface area contributed by atoms with Crippen molar-refractivity contribution in [2.24, 2.45) is 0 Å². The van der Waals surface area contributed by atoms with Crippen molar-refractivity contribution in [3.05, 3.63) is 201 Å². The van der Waals surface area contributed by atoms with Crippen molar-refractivity contribution in [1.29, 1.82) is 0 Å². The molecule has 0 aliphatic carbocycles. The number of nitrogens with zero attached hydrogens (tertiary/aromatic N) is 1. The number of phenols is 1. The first-order chi connectivity index (χ1) is 30.5. The van der Waals surface area contributed by atoms with Crippen molar-refractivity contribution >= 4 is 28.0 Å². The molecule has 1 aromatic heterocycles. The van der Waals surface area contributed by atoms with Crippen LogP contribution in [0, 0.1) is 116 Å². The van der Waals surface area contributed by atoms with Gasteiger partial charge in [-0.2, -0.15) is 4.57 Å². The zero-order valence-corrected chi connectivity index (χ0v) is 31.2. The molecular formula is C42H16BF20NO. The van der Waals surface area contributed by atoms with Crippen LogP contribution in [0.3, 0.4) is 0 Å². The van der Waals surface area contributed by atoms with E-state index < -0.39 is 144 Å². The van der Waals surface area contributed by atoms with Crippen LogP contribution in [0.25, 0.3) is 11.3 Å². The lowest BCUT2D eigenvalue weighted by molar-refractivity contribution is -0.677. The Balaban J connectivity index is 0.000000289. The van der Waals surface area contributed by atoms with Gasteiger partial charge < -0.3 is 5.11 Å². The van der Waals surface area contributed by atoms with Gasteiger partial charge in [-0.25, -0.2) is 87.8 Å². The Hall–Kier alpha value is -7.07. The molecule has 1 N–H and O–H groups in total. The molecule has 1 heterocycles. The first kappa shape index (κ1) is 47.4. The molecule has 0 fully saturated rings. The third-order valence-electron chi connectivity index (χ3n) is 10.0. The van der Waals surface area contributed by atoms with Crippen molar-refractivity contribution in [3.8, 4) is 17.0 Å². The quantitative estimate of drug-likeness (QED) is 0.0557. The van der Waals surface area contributed by atoms with E-state index in [0.29, 0.717) is 5.75 Å². The molecule has 0 bridgehead atoms. The minimum Gasteiger partial charge on any atom is -0.508 e. The summed E-state index contributed by atoms with van der Waals surface area (Å²) in [6.07, 6.45) is -5.14. The summed E-state index contributed by atoms with van der Waals surface area (Å²) in [5.74, 6) is -71.1. The second-order valence-electron chi connectivity index (χ2n) is 13.5. The van der Waals surface area contributed by atoms with Gasteiger partial charge in [-0.15, -0.1) is 21.9 Å². The summed E-state index contributed by atoms with van der Waals surface area (Å²) in [4.78, 5) is 0. The van der Waals surface area contributed by atoms with Crippen molar-refractivity contribution in [2.45, 2.75) is 6.54 Å². The standard InChI is InChI=1S/C24BF20.C18H15NO/c26-5-1(6(27)14(35)21(42)13(5)34)25(2-7(28)15(36)22(43)16(37)8(2)29,3-9(30)17(38)23(44)18(39)10(3)31)4-11(32)19(40)24(45)20(41)12(4)33;20-17-11-9-16(10-12-17)18-8-4-5-13-19(18)14-15-6-2-1-3-7-15/h;1-13H,14H2/q-1;/p+1. The van der Waals surface area contributed by atoms with Gasteiger partial charge in [0.1, 0.15) is 58.4 Å². The smallest absolute Gasteiger partial charge is 0.212 e. The van der Waals surface area contributed by atoms with E-state index >= 15 is 35.1 Å². The minimum atomic E-state index is -7.22. The Morgan fingerprint density at radius 2 is 0.600 bits per heavy atom. The Kier molecular flexibility index (Phi) is 13.0. The maximum absolute atomic E-state index is 15.4. The van der Waals surface area contributed by atoms with Gasteiger partial charge in [-0.1, -0.05) is 30.3 Å². The molecule has 0 aliphatic heterocycles. The lowest BCUT2D eigenvalue weighted by atomic mass is 9.12. The summed E-state index contributed by atoms with van der Waals surface area (Å²) in [6.45, 7) is 0.831. The minimum absolute atomic E-state index is 0.291. The van der Waals surface area contributed by atoms with Crippen LogP contribution < -0.4 is 26.4 Å². The highest BCUT2D eigenvalue weighted by Gasteiger charge is 2.52. The molecule has 7 rings (SSSR count). The highest BCUT2D eigenvalue weighted by atomic mass is 19.2. The molecule has 23 heteroatoms. The zero-order valence-electron chi connectivity index (χ0n) is 31.2. The molecule has 6 aromatic carbocycles. The van der Waals surface area contributed by atoms with Gasteiger partial charge >= 0.3 is 0 Å². The monoisotopic (exact) mass is 941 g/mol. The van der Waals surface area contributed by atoms with Crippen LogP contribution in [-0.2, 0) is 6.54 Å². The summed E-state index contributed by atoms with van der Waals surface area (Å²) in [5, 5.41) is 9.40. The number of benzene rings is 6. The van der Waals surface area contributed by atoms with Crippen molar-refractivity contribution in [2.75, 3.05) is 0 Å². The van der Waals surface area contributed by atoms with Gasteiger partial charge in [0.05, 0.1) is 0 Å². The average molecular weight is 941 g/mol. The fraction of sp³-hybridized carbons (Fsp3) is 0.0238. The second-order valence-corrected chi connectivity index (χ2v) is 13.5. The number of hydrogen-bond donors (Lipinski definition) is 1. The average Bonchev–Trinajstić information content (AvgIpc) is 3.30. The molecule has 0 atom stereocenters. The van der Waals surface area contributed by atoms with Gasteiger partial charge in [-0.05, 0) is 30.3 Å². The van der Waals surface area contributed by atoms with E-state index in [1.165, 1.54) is 5.56 Å². The topological polar surface area (TPSA) is 24.1 Å². The molecule has 2 nitrogen and oxygen atoms in total. The number of halogens is 20. The fourth-order valence-corrected chi connectivity index (χ4v) is 7.16. The predicted octanol–water partition coefficient (Wildman–Crippen LogP) is 9.24. The summed E-state index contributed by atoms with van der Waals surface area (Å²) in [7, 11) is 0. The maximum Gasteiger partial charge on any atom is 0.212 e. The Morgan fingerprint density at radius 1 is 0.323 bits per heavy atom. The third-order valence-corrected chi connectivity index (χ3v) is 10.0. The van der Waals surface area contributed by atoms with Crippen LogP contribution >= 0.6 is 0 Å². The first-order valence-corrected chi connectivity index (χ1v) is 17.6. The van der Waals surface area contributed by atoms with Crippen LogP contribution in [0.4, 0.5) is 87.8 Å². The van der Waals surface area contributed by atoms with Crippen LogP contribution in [0.15, 0.2) is 79.0 Å². The molecular weight excluding hydrogens is 925 g/mol. The summed E-state index contributed by atoms with van der Waals surface area (Å²) < 4.78 is 296. The summed E-state index contributed by atoms with van der Waals surface area (Å²) >= 11 is 0. The van der Waals surface area contributed by atoms with Gasteiger partial charge in [0.25, 0.3) is 0 Å². The van der Waals surface area contributed by atoms with E-state index in [9.17, 15) is 57.8 Å². The highest BCUT2D eigenvalue weighted by Crippen LogP contribution is 2.31. The maximum atomic E-state index is 15.4. The van der Waals surface area contributed by atoms with Crippen LogP contribution in [0.2, 0.25) is 0 Å². The third kappa shape index (κ3) is 7.64. The highest BCUT2D eigenvalue weighted by molar-refractivity contribution is 7.20. The number of rotatable bonds is 7. The molecule has 338 valence electrons. The van der Waals surface area contributed by atoms with Crippen LogP contribution in [0.1, 0.15) is 5.56 Å². The first-order valence-electron chi connectivity index (χ1n) is 17.6. The molecule has 0 saturated heterocycles. The van der Waals surface area contributed by atoms with Crippen molar-refractivity contribution in [1.82, 2.24) is 0 Å². The molecule has 65 heavy (non-hydrogen) atoms. The molecule has 0 saturated carbocycles. The van der Waals surface area contributed by atoms with Crippen molar-refractivity contribution < 1.29 is 97.5 Å². The Morgan fingerprint density at radius 3 is 0.908 bits per heavy atom. The second kappa shape index (κ2) is 17.8. The zero-order chi connectivity index (χ0) is 48.1. The van der Waals surface area contributed by atoms with E-state index in [1.807, 2.05) is 30.3 Å². The SMILES string of the molecule is Fc1c(F)c(F)c([B-](c2c(F)c(F)c(F)c(F)c2F)(c2c(F)c(F)c(F)c(F)c2F)c2c(F)c(F)c(F)c(F)c2F)c(F)c1F.Oc1ccc(-c2cccc[n+]2Cc2ccccc2)cc1. The summed E-state index contributed by atoms with van der Waals surface area (Å²) in [5.41, 5.74) is -10.8. The molecule has 0 unspecified atom stereocenters. The number of aromatic nitrogens is 1. The molecule has 0 spiro atoms. The van der Waals surface area contributed by atoms with Gasteiger partial charge in [0.2, 0.25) is 5.69 Å². The fourth-order valence-electron chi connectivity index (χ4n) is 7.16. The molecule has 0 aliphatic rings. The van der Waals surface area contributed by atoms with E-state index in [-0.39, 0.29) is 0 Å². The molecule has 7 aromatic rings. The number of pyridine rings is 1. The van der Waals surface area contributed by atoms with Gasteiger partial charge in [-0.3, -0.25) is 0 Å². The van der Waals surface area contributed by atoms with Crippen LogP contribution in [0.5, 0.6) is 5.75 Å². The number of hydrogen-bond acceptors (Lipinski definition) is 1. The molecule has 0 radical (unpaired) electrons. The van der Waals surface area contributed by atoms with E-state index in [2.05, 4.69) is 41.1 Å². The predicted molar refractivity (Wildman–Crippen MR) is 188 cm³/mol. The van der Waals surface area contributed by atoms with E-state index in [1.54, 1.807) is 12.1 Å².